The van der Waals surface area contributed by atoms with Gasteiger partial charge in [0.2, 0.25) is 0 Å². The average molecular weight is 139 g/mol. The van der Waals surface area contributed by atoms with Crippen LogP contribution in [-0.2, 0) is 4.79 Å². The predicted molar refractivity (Wildman–Crippen MR) is 36.3 cm³/mol. The predicted octanol–water partition coefficient (Wildman–Crippen LogP) is 0.0545. The molecule has 0 spiro atoms. The number of hydrogen-bond acceptors (Lipinski definition) is 3. The summed E-state index contributed by atoms with van der Waals surface area (Å²) >= 11 is 0. The van der Waals surface area contributed by atoms with Crippen LogP contribution in [0.5, 0.6) is 0 Å². The van der Waals surface area contributed by atoms with Gasteiger partial charge >= 0.3 is 0 Å². The lowest BCUT2D eigenvalue weighted by Crippen LogP contribution is -2.35. The molecule has 0 aliphatic rings. The lowest BCUT2D eigenvalue weighted by Gasteiger charge is -2.03. The molecule has 2 N–H and O–H groups in total. The molecule has 0 fully saturated rings. The Morgan fingerprint density at radius 1 is 1.70 bits per heavy atom. The first-order valence-corrected chi connectivity index (χ1v) is 2.74. The van der Waals surface area contributed by atoms with Gasteiger partial charge in [-0.1, -0.05) is 6.58 Å². The molecule has 0 heterocycles. The van der Waals surface area contributed by atoms with E-state index in [9.17, 15) is 4.79 Å². The van der Waals surface area contributed by atoms with Gasteiger partial charge in [-0.15, -0.1) is 0 Å². The summed E-state index contributed by atoms with van der Waals surface area (Å²) in [5.41, 5.74) is 5.39. The number of carbonyl (C=O) groups is 1. The first-order valence-electron chi connectivity index (χ1n) is 2.74. The minimum Gasteiger partial charge on any atom is -0.304 e. The van der Waals surface area contributed by atoms with Crippen LogP contribution in [0.15, 0.2) is 12.3 Å². The molecular formula is C6H9N3O. The second kappa shape index (κ2) is 4.39. The van der Waals surface area contributed by atoms with Gasteiger partial charge in [0, 0.05) is 5.70 Å². The van der Waals surface area contributed by atoms with Crippen LogP contribution in [0, 0.1) is 11.3 Å². The number of nitrogens with one attached hydrogen (secondary N) is 2. The molecule has 0 rings (SSSR count). The van der Waals surface area contributed by atoms with E-state index in [4.69, 9.17) is 5.26 Å². The number of hydrazine groups is 1. The molecule has 0 unspecified atom stereocenters. The molecule has 0 aliphatic heterocycles. The summed E-state index contributed by atoms with van der Waals surface area (Å²) in [6.45, 7) is 5.18. The van der Waals surface area contributed by atoms with Crippen molar-refractivity contribution < 1.29 is 4.79 Å². The van der Waals surface area contributed by atoms with Gasteiger partial charge in [0.1, 0.15) is 6.42 Å². The van der Waals surface area contributed by atoms with E-state index in [1.807, 2.05) is 0 Å². The van der Waals surface area contributed by atoms with Crippen LogP contribution in [0.3, 0.4) is 0 Å². The van der Waals surface area contributed by atoms with Crippen molar-refractivity contribution in [1.29, 1.82) is 5.26 Å². The highest BCUT2D eigenvalue weighted by Gasteiger charge is 1.95. The Morgan fingerprint density at radius 2 is 2.30 bits per heavy atom. The molecule has 54 valence electrons. The fourth-order valence-electron chi connectivity index (χ4n) is 0.292. The Bertz CT molecular complexity index is 180. The quantitative estimate of drug-likeness (QED) is 0.543. The molecule has 0 atom stereocenters. The van der Waals surface area contributed by atoms with E-state index in [0.29, 0.717) is 5.70 Å². The van der Waals surface area contributed by atoms with Gasteiger partial charge in [-0.05, 0) is 6.92 Å². The summed E-state index contributed by atoms with van der Waals surface area (Å²) in [5.74, 6) is -0.356. The zero-order chi connectivity index (χ0) is 7.98. The van der Waals surface area contributed by atoms with Crippen LogP contribution in [0.25, 0.3) is 0 Å². The first kappa shape index (κ1) is 8.50. The topological polar surface area (TPSA) is 64.9 Å². The minimum absolute atomic E-state index is 0.139. The Morgan fingerprint density at radius 3 is 2.70 bits per heavy atom. The number of nitriles is 1. The number of nitrogens with zero attached hydrogens (tertiary/aromatic N) is 1. The van der Waals surface area contributed by atoms with Crippen molar-refractivity contribution in [2.45, 2.75) is 13.3 Å². The van der Waals surface area contributed by atoms with Crippen molar-refractivity contribution in [3.8, 4) is 6.07 Å². The molecule has 0 saturated carbocycles. The third-order valence-corrected chi connectivity index (χ3v) is 0.655. The Kier molecular flexibility index (Phi) is 3.73. The highest BCUT2D eigenvalue weighted by atomic mass is 16.2. The fourth-order valence-corrected chi connectivity index (χ4v) is 0.292. The molecule has 0 saturated heterocycles. The van der Waals surface area contributed by atoms with Crippen LogP contribution in [0.4, 0.5) is 0 Å². The van der Waals surface area contributed by atoms with Crippen LogP contribution in [-0.4, -0.2) is 5.91 Å². The van der Waals surface area contributed by atoms with E-state index in [1.54, 1.807) is 13.0 Å². The zero-order valence-corrected chi connectivity index (χ0v) is 5.77. The maximum atomic E-state index is 10.5. The van der Waals surface area contributed by atoms with Crippen LogP contribution in [0.2, 0.25) is 0 Å². The van der Waals surface area contributed by atoms with Crippen molar-refractivity contribution in [2.24, 2.45) is 0 Å². The highest BCUT2D eigenvalue weighted by Crippen LogP contribution is 1.75. The normalized spacial score (nSPS) is 7.60. The highest BCUT2D eigenvalue weighted by molar-refractivity contribution is 5.77. The lowest BCUT2D eigenvalue weighted by atomic mass is 10.5. The van der Waals surface area contributed by atoms with Gasteiger partial charge in [-0.3, -0.25) is 10.2 Å². The summed E-state index contributed by atoms with van der Waals surface area (Å²) in [6.07, 6.45) is -0.139. The Hall–Kier alpha value is -1.50. The second-order valence-corrected chi connectivity index (χ2v) is 1.79. The molecule has 0 aromatic carbocycles. The molecule has 0 aliphatic carbocycles. The summed E-state index contributed by atoms with van der Waals surface area (Å²) < 4.78 is 0. The van der Waals surface area contributed by atoms with Gasteiger partial charge in [0.05, 0.1) is 6.07 Å². The summed E-state index contributed by atoms with van der Waals surface area (Å²) in [7, 11) is 0. The number of allylic oxidation sites excluding steroid dienone is 1. The van der Waals surface area contributed by atoms with Crippen molar-refractivity contribution in [3.63, 3.8) is 0 Å². The second-order valence-electron chi connectivity index (χ2n) is 1.79. The monoisotopic (exact) mass is 139 g/mol. The van der Waals surface area contributed by atoms with E-state index < -0.39 is 0 Å². The molecule has 4 heteroatoms. The summed E-state index contributed by atoms with van der Waals surface area (Å²) in [4.78, 5) is 10.5. The molecule has 0 aromatic rings. The number of hydrogen-bond donors (Lipinski definition) is 2. The third kappa shape index (κ3) is 4.65. The van der Waals surface area contributed by atoms with E-state index in [1.165, 1.54) is 0 Å². The maximum Gasteiger partial charge on any atom is 0.252 e. The van der Waals surface area contributed by atoms with Crippen molar-refractivity contribution in [3.05, 3.63) is 12.3 Å². The lowest BCUT2D eigenvalue weighted by molar-refractivity contribution is -0.120. The Labute approximate surface area is 59.5 Å². The van der Waals surface area contributed by atoms with Crippen molar-refractivity contribution in [1.82, 2.24) is 10.9 Å². The SMILES string of the molecule is C=C(C)NNC(=O)CC#N. The summed E-state index contributed by atoms with van der Waals surface area (Å²) in [6, 6.07) is 1.71. The van der Waals surface area contributed by atoms with Crippen LogP contribution < -0.4 is 10.9 Å². The minimum atomic E-state index is -0.356. The van der Waals surface area contributed by atoms with Crippen LogP contribution >= 0.6 is 0 Å². The van der Waals surface area contributed by atoms with Crippen LogP contribution in [0.1, 0.15) is 13.3 Å². The smallest absolute Gasteiger partial charge is 0.252 e. The standard InChI is InChI=1S/C6H9N3O/c1-5(2)8-9-6(10)3-4-7/h8H,1,3H2,2H3,(H,9,10). The van der Waals surface area contributed by atoms with Gasteiger partial charge < -0.3 is 5.43 Å². The third-order valence-electron chi connectivity index (χ3n) is 0.655. The molecular weight excluding hydrogens is 130 g/mol. The number of amides is 1. The number of rotatable bonds is 3. The van der Waals surface area contributed by atoms with Crippen molar-refractivity contribution >= 4 is 5.91 Å². The molecule has 1 amide bonds. The average Bonchev–Trinajstić information content (AvgIpc) is 1.85. The van der Waals surface area contributed by atoms with E-state index >= 15 is 0 Å². The van der Waals surface area contributed by atoms with Gasteiger partial charge in [-0.25, -0.2) is 0 Å². The fraction of sp³-hybridized carbons (Fsp3) is 0.333. The molecule has 4 nitrogen and oxygen atoms in total. The molecule has 0 bridgehead atoms. The summed E-state index contributed by atoms with van der Waals surface area (Å²) in [5, 5.41) is 8.04. The van der Waals surface area contributed by atoms with Gasteiger partial charge in [-0.2, -0.15) is 5.26 Å². The molecule has 0 radical (unpaired) electrons. The van der Waals surface area contributed by atoms with Crippen molar-refractivity contribution in [2.75, 3.05) is 0 Å². The molecule has 0 aromatic heterocycles. The first-order chi connectivity index (χ1) is 4.66. The van der Waals surface area contributed by atoms with E-state index in [2.05, 4.69) is 17.4 Å². The largest absolute Gasteiger partial charge is 0.304 e. The van der Waals surface area contributed by atoms with E-state index in [0.717, 1.165) is 0 Å². The Balaban J connectivity index is 3.42. The van der Waals surface area contributed by atoms with E-state index in [-0.39, 0.29) is 12.3 Å². The van der Waals surface area contributed by atoms with Gasteiger partial charge in [0.15, 0.2) is 0 Å². The number of carbonyl (C=O) groups excluding carboxylic acids is 1. The zero-order valence-electron chi connectivity index (χ0n) is 5.77. The molecule has 10 heavy (non-hydrogen) atoms. The maximum absolute atomic E-state index is 10.5. The van der Waals surface area contributed by atoms with Gasteiger partial charge in [0.25, 0.3) is 5.91 Å².